The lowest BCUT2D eigenvalue weighted by molar-refractivity contribution is -0.0127. The Bertz CT molecular complexity index is 253. The monoisotopic (exact) mass is 258 g/mol. The normalized spacial score (nSPS) is 16.3. The molecule has 92 valence electrons. The van der Waals surface area contributed by atoms with Crippen LogP contribution in [0.4, 0.5) is 0 Å². The molecule has 0 aromatic rings. The molecule has 4 nitrogen and oxygen atoms in total. The Balaban J connectivity index is 3.66. The van der Waals surface area contributed by atoms with Crippen molar-refractivity contribution in [1.82, 2.24) is 0 Å². The number of hydrogen-bond acceptors (Lipinski definition) is 4. The lowest BCUT2D eigenvalue weighted by Crippen LogP contribution is -2.22. The summed E-state index contributed by atoms with van der Waals surface area (Å²) in [5.41, 5.74) is 0. The first-order chi connectivity index (χ1) is 6.85. The van der Waals surface area contributed by atoms with E-state index in [1.807, 2.05) is 13.8 Å². The Labute approximate surface area is 96.3 Å². The van der Waals surface area contributed by atoms with Crippen molar-refractivity contribution in [2.75, 3.05) is 25.6 Å². The summed E-state index contributed by atoms with van der Waals surface area (Å²) in [6, 6.07) is 0. The summed E-state index contributed by atoms with van der Waals surface area (Å²) in [6.07, 6.45) is -0.0228. The Morgan fingerprint density at radius 2 is 1.87 bits per heavy atom. The van der Waals surface area contributed by atoms with Gasteiger partial charge in [0.2, 0.25) is 9.05 Å². The average Bonchev–Trinajstić information content (AvgIpc) is 2.08. The lowest BCUT2D eigenvalue weighted by atomic mass is 10.2. The van der Waals surface area contributed by atoms with Gasteiger partial charge in [-0.05, 0) is 19.8 Å². The van der Waals surface area contributed by atoms with Gasteiger partial charge in [-0.1, -0.05) is 6.92 Å². The van der Waals surface area contributed by atoms with E-state index in [2.05, 4.69) is 0 Å². The van der Waals surface area contributed by atoms with Gasteiger partial charge in [-0.25, -0.2) is 8.42 Å². The molecule has 0 bridgehead atoms. The Hall–Kier alpha value is 0.160. The second-order valence-corrected chi connectivity index (χ2v) is 6.44. The zero-order valence-corrected chi connectivity index (χ0v) is 11.0. The molecule has 0 aliphatic heterocycles. The number of rotatable bonds is 8. The van der Waals surface area contributed by atoms with Crippen molar-refractivity contribution < 1.29 is 17.9 Å². The molecule has 0 heterocycles. The quantitative estimate of drug-likeness (QED) is 0.621. The molecule has 2 unspecified atom stereocenters. The summed E-state index contributed by atoms with van der Waals surface area (Å²) in [5.74, 6) is -0.160. The molecule has 0 saturated heterocycles. The minimum absolute atomic E-state index is 0.0228. The van der Waals surface area contributed by atoms with Crippen molar-refractivity contribution in [1.29, 1.82) is 0 Å². The molecule has 0 N–H and O–H groups in total. The summed E-state index contributed by atoms with van der Waals surface area (Å²) < 4.78 is 32.0. The van der Waals surface area contributed by atoms with Crippen molar-refractivity contribution in [3.8, 4) is 0 Å². The molecular weight excluding hydrogens is 240 g/mol. The number of hydrogen-bond donors (Lipinski definition) is 0. The Morgan fingerprint density at radius 1 is 1.27 bits per heavy atom. The summed E-state index contributed by atoms with van der Waals surface area (Å²) in [7, 11) is 1.69. The van der Waals surface area contributed by atoms with E-state index >= 15 is 0 Å². The van der Waals surface area contributed by atoms with Crippen molar-refractivity contribution >= 4 is 19.7 Å². The van der Waals surface area contributed by atoms with Gasteiger partial charge in [0.25, 0.3) is 0 Å². The highest BCUT2D eigenvalue weighted by atomic mass is 35.7. The van der Waals surface area contributed by atoms with E-state index in [0.29, 0.717) is 19.8 Å². The molecule has 15 heavy (non-hydrogen) atoms. The molecule has 0 aliphatic rings. The molecule has 0 aromatic heterocycles. The van der Waals surface area contributed by atoms with Crippen molar-refractivity contribution in [2.45, 2.75) is 26.9 Å². The predicted octanol–water partition coefficient (Wildman–Crippen LogP) is 1.63. The van der Waals surface area contributed by atoms with Gasteiger partial charge < -0.3 is 9.47 Å². The maximum absolute atomic E-state index is 10.7. The van der Waals surface area contributed by atoms with Crippen LogP contribution in [0.5, 0.6) is 0 Å². The lowest BCUT2D eigenvalue weighted by Gasteiger charge is -2.15. The topological polar surface area (TPSA) is 52.6 Å². The maximum Gasteiger partial charge on any atom is 0.232 e. The van der Waals surface area contributed by atoms with Gasteiger partial charge >= 0.3 is 0 Å². The van der Waals surface area contributed by atoms with E-state index in [9.17, 15) is 8.42 Å². The zero-order chi connectivity index (χ0) is 11.9. The van der Waals surface area contributed by atoms with E-state index in [1.165, 1.54) is 0 Å². The van der Waals surface area contributed by atoms with Crippen LogP contribution in [0, 0.1) is 5.92 Å². The molecular formula is C9H19ClO4S. The zero-order valence-electron chi connectivity index (χ0n) is 9.40. The third kappa shape index (κ3) is 10.4. The molecule has 0 rings (SSSR count). The molecule has 0 saturated carbocycles. The molecule has 2 atom stereocenters. The predicted molar refractivity (Wildman–Crippen MR) is 60.7 cm³/mol. The van der Waals surface area contributed by atoms with Crippen LogP contribution in [0.1, 0.15) is 20.8 Å². The largest absolute Gasteiger partial charge is 0.379 e. The second kappa shape index (κ2) is 7.44. The molecule has 0 aromatic carbocycles. The first-order valence-electron chi connectivity index (χ1n) is 4.96. The second-order valence-electron chi connectivity index (χ2n) is 3.61. The van der Waals surface area contributed by atoms with Crippen molar-refractivity contribution in [3.05, 3.63) is 0 Å². The highest BCUT2D eigenvalue weighted by Gasteiger charge is 2.14. The van der Waals surface area contributed by atoms with Crippen LogP contribution in [-0.2, 0) is 18.5 Å². The summed E-state index contributed by atoms with van der Waals surface area (Å²) >= 11 is 0. The standard InChI is InChI=1S/C9H19ClO4S/c1-4-13-6-9(3)14-5-8(2)7-15(10,11)12/h8-9H,4-7H2,1-3H3. The van der Waals surface area contributed by atoms with Gasteiger partial charge in [0, 0.05) is 17.3 Å². The summed E-state index contributed by atoms with van der Waals surface area (Å²) in [5, 5.41) is 0. The minimum Gasteiger partial charge on any atom is -0.379 e. The number of ether oxygens (including phenoxy) is 2. The van der Waals surface area contributed by atoms with Crippen LogP contribution in [0.15, 0.2) is 0 Å². The van der Waals surface area contributed by atoms with Crippen LogP contribution >= 0.6 is 10.7 Å². The van der Waals surface area contributed by atoms with Gasteiger partial charge in [-0.3, -0.25) is 0 Å². The smallest absolute Gasteiger partial charge is 0.232 e. The van der Waals surface area contributed by atoms with Crippen LogP contribution in [-0.4, -0.2) is 40.1 Å². The molecule has 6 heteroatoms. The van der Waals surface area contributed by atoms with Gasteiger partial charge in [-0.2, -0.15) is 0 Å². The first-order valence-corrected chi connectivity index (χ1v) is 7.44. The van der Waals surface area contributed by atoms with Crippen LogP contribution in [0.3, 0.4) is 0 Å². The Kier molecular flexibility index (Phi) is 7.52. The minimum atomic E-state index is -3.43. The molecule has 0 aliphatic carbocycles. The molecule has 0 spiro atoms. The fraction of sp³-hybridized carbons (Fsp3) is 1.00. The first kappa shape index (κ1) is 15.2. The number of halogens is 1. The summed E-state index contributed by atoms with van der Waals surface area (Å²) in [4.78, 5) is 0. The van der Waals surface area contributed by atoms with E-state index in [4.69, 9.17) is 20.2 Å². The van der Waals surface area contributed by atoms with E-state index < -0.39 is 9.05 Å². The van der Waals surface area contributed by atoms with Gasteiger partial charge in [0.05, 0.1) is 25.1 Å². The van der Waals surface area contributed by atoms with Crippen LogP contribution < -0.4 is 0 Å². The van der Waals surface area contributed by atoms with Crippen LogP contribution in [0.2, 0.25) is 0 Å². The van der Waals surface area contributed by atoms with E-state index in [0.717, 1.165) is 0 Å². The maximum atomic E-state index is 10.7. The average molecular weight is 259 g/mol. The third-order valence-electron chi connectivity index (χ3n) is 1.71. The Morgan fingerprint density at radius 3 is 2.33 bits per heavy atom. The highest BCUT2D eigenvalue weighted by Crippen LogP contribution is 2.07. The molecule has 0 amide bonds. The van der Waals surface area contributed by atoms with E-state index in [-0.39, 0.29) is 17.8 Å². The van der Waals surface area contributed by atoms with Crippen molar-refractivity contribution in [3.63, 3.8) is 0 Å². The SMILES string of the molecule is CCOCC(C)OCC(C)CS(=O)(=O)Cl. The van der Waals surface area contributed by atoms with Crippen LogP contribution in [0.25, 0.3) is 0 Å². The fourth-order valence-corrected chi connectivity index (χ4v) is 2.47. The van der Waals surface area contributed by atoms with Gasteiger partial charge in [0.1, 0.15) is 0 Å². The third-order valence-corrected chi connectivity index (χ3v) is 3.05. The van der Waals surface area contributed by atoms with Gasteiger partial charge in [-0.15, -0.1) is 0 Å². The fourth-order valence-electron chi connectivity index (χ4n) is 1.05. The molecule has 0 fully saturated rings. The highest BCUT2D eigenvalue weighted by molar-refractivity contribution is 8.13. The molecule has 0 radical (unpaired) electrons. The summed E-state index contributed by atoms with van der Waals surface area (Å²) in [6.45, 7) is 7.14. The van der Waals surface area contributed by atoms with Crippen molar-refractivity contribution in [2.24, 2.45) is 5.92 Å². The van der Waals surface area contributed by atoms with Gasteiger partial charge in [0.15, 0.2) is 0 Å². The van der Waals surface area contributed by atoms with E-state index in [1.54, 1.807) is 6.92 Å².